The topological polar surface area (TPSA) is 25.5 Å². The molecule has 1 atom stereocenters. The molecule has 0 amide bonds. The van der Waals surface area contributed by atoms with E-state index in [4.69, 9.17) is 16.0 Å². The molecule has 156 valence electrons. The number of furan rings is 1. The average Bonchev–Trinajstić information content (AvgIpc) is 3.23. The SMILES string of the molecule is CC1CC(c2cc3cc(C#Cc4ccccc4)ccc3o2)=CN=C1c1c(F)cccc1Cl. The minimum Gasteiger partial charge on any atom is -0.456 e. The maximum Gasteiger partial charge on any atom is 0.134 e. The van der Waals surface area contributed by atoms with Crippen LogP contribution in [0.2, 0.25) is 5.02 Å². The molecule has 0 saturated heterocycles. The molecule has 0 radical (unpaired) electrons. The van der Waals surface area contributed by atoms with Crippen molar-refractivity contribution in [2.24, 2.45) is 10.9 Å². The van der Waals surface area contributed by atoms with Gasteiger partial charge in [-0.05, 0) is 55.0 Å². The molecule has 2 nitrogen and oxygen atoms in total. The van der Waals surface area contributed by atoms with E-state index in [0.29, 0.717) is 22.7 Å². The molecule has 4 aromatic rings. The predicted octanol–water partition coefficient (Wildman–Crippen LogP) is 7.50. The normalized spacial score (nSPS) is 15.7. The van der Waals surface area contributed by atoms with Crippen molar-refractivity contribution in [1.82, 2.24) is 0 Å². The second-order valence-corrected chi connectivity index (χ2v) is 8.26. The summed E-state index contributed by atoms with van der Waals surface area (Å²) >= 11 is 6.24. The van der Waals surface area contributed by atoms with Gasteiger partial charge in [0.25, 0.3) is 0 Å². The van der Waals surface area contributed by atoms with E-state index in [1.54, 1.807) is 18.3 Å². The zero-order valence-electron chi connectivity index (χ0n) is 17.4. The first kappa shape index (κ1) is 20.3. The molecule has 0 N–H and O–H groups in total. The fourth-order valence-electron chi connectivity index (χ4n) is 3.92. The number of halogens is 2. The lowest BCUT2D eigenvalue weighted by Gasteiger charge is -2.20. The van der Waals surface area contributed by atoms with E-state index < -0.39 is 0 Å². The molecule has 0 saturated carbocycles. The van der Waals surface area contributed by atoms with Gasteiger partial charge in [-0.2, -0.15) is 0 Å². The summed E-state index contributed by atoms with van der Waals surface area (Å²) in [5, 5.41) is 1.36. The number of fused-ring (bicyclic) bond motifs is 1. The Kier molecular flexibility index (Phi) is 5.39. The molecular weight excluding hydrogens is 421 g/mol. The number of aliphatic imine (C=N–C) groups is 1. The summed E-state index contributed by atoms with van der Waals surface area (Å²) in [4.78, 5) is 4.56. The molecule has 0 bridgehead atoms. The Bertz CT molecular complexity index is 1420. The molecular formula is C28H19ClFNO. The zero-order chi connectivity index (χ0) is 22.1. The van der Waals surface area contributed by atoms with E-state index in [1.165, 1.54) is 6.07 Å². The fourth-order valence-corrected chi connectivity index (χ4v) is 4.18. The van der Waals surface area contributed by atoms with Crippen molar-refractivity contribution in [2.45, 2.75) is 13.3 Å². The van der Waals surface area contributed by atoms with Crippen molar-refractivity contribution in [2.75, 3.05) is 0 Å². The van der Waals surface area contributed by atoms with Crippen LogP contribution >= 0.6 is 11.6 Å². The molecule has 0 spiro atoms. The number of hydrogen-bond donors (Lipinski definition) is 0. The highest BCUT2D eigenvalue weighted by Gasteiger charge is 2.24. The van der Waals surface area contributed by atoms with Gasteiger partial charge in [0, 0.05) is 34.2 Å². The van der Waals surface area contributed by atoms with Gasteiger partial charge >= 0.3 is 0 Å². The second-order valence-electron chi connectivity index (χ2n) is 7.85. The van der Waals surface area contributed by atoms with Gasteiger partial charge in [-0.3, -0.25) is 4.99 Å². The van der Waals surface area contributed by atoms with Crippen molar-refractivity contribution in [1.29, 1.82) is 0 Å². The van der Waals surface area contributed by atoms with Gasteiger partial charge in [0.1, 0.15) is 17.2 Å². The number of rotatable bonds is 2. The summed E-state index contributed by atoms with van der Waals surface area (Å²) in [5.41, 5.74) is 4.71. The Balaban J connectivity index is 1.46. The third kappa shape index (κ3) is 3.98. The molecule has 1 aliphatic rings. The van der Waals surface area contributed by atoms with Crippen LogP contribution in [0.5, 0.6) is 0 Å². The van der Waals surface area contributed by atoms with Crippen LogP contribution in [0.15, 0.2) is 88.4 Å². The van der Waals surface area contributed by atoms with Crippen molar-refractivity contribution in [3.63, 3.8) is 0 Å². The van der Waals surface area contributed by atoms with Gasteiger partial charge in [0.05, 0.1) is 16.3 Å². The molecule has 32 heavy (non-hydrogen) atoms. The standard InChI is InChI=1S/C28H19ClFNO/c1-18-14-22(17-31-28(18)27-23(29)8-5-9-24(27)30)26-16-21-15-20(12-13-25(21)32-26)11-10-19-6-3-2-4-7-19/h2-9,12-13,15-18H,14H2,1H3. The highest BCUT2D eigenvalue weighted by molar-refractivity contribution is 6.34. The molecule has 1 aromatic heterocycles. The lowest BCUT2D eigenvalue weighted by atomic mass is 9.89. The largest absolute Gasteiger partial charge is 0.456 e. The Labute approximate surface area is 191 Å². The van der Waals surface area contributed by atoms with Crippen LogP contribution in [0.1, 0.15) is 35.8 Å². The lowest BCUT2D eigenvalue weighted by Crippen LogP contribution is -2.18. The molecule has 0 aliphatic carbocycles. The molecule has 3 aromatic carbocycles. The van der Waals surface area contributed by atoms with E-state index >= 15 is 0 Å². The highest BCUT2D eigenvalue weighted by Crippen LogP contribution is 2.34. The summed E-state index contributed by atoms with van der Waals surface area (Å²) in [7, 11) is 0. The van der Waals surface area contributed by atoms with Crippen LogP contribution in [0, 0.1) is 23.6 Å². The van der Waals surface area contributed by atoms with Gasteiger partial charge in [-0.25, -0.2) is 4.39 Å². The van der Waals surface area contributed by atoms with Gasteiger partial charge in [-0.15, -0.1) is 0 Å². The number of hydrogen-bond acceptors (Lipinski definition) is 2. The van der Waals surface area contributed by atoms with E-state index in [9.17, 15) is 4.39 Å². The predicted molar refractivity (Wildman–Crippen MR) is 128 cm³/mol. The molecule has 0 fully saturated rings. The molecule has 1 aliphatic heterocycles. The molecule has 2 heterocycles. The van der Waals surface area contributed by atoms with E-state index in [2.05, 4.69) is 16.8 Å². The quantitative estimate of drug-likeness (QED) is 0.297. The highest BCUT2D eigenvalue weighted by atomic mass is 35.5. The average molecular weight is 440 g/mol. The van der Waals surface area contributed by atoms with Crippen LogP contribution in [0.3, 0.4) is 0 Å². The minimum absolute atomic E-state index is 0.00455. The van der Waals surface area contributed by atoms with Gasteiger partial charge in [-0.1, -0.05) is 54.6 Å². The summed E-state index contributed by atoms with van der Waals surface area (Å²) < 4.78 is 20.4. The number of nitrogens with zero attached hydrogens (tertiary/aromatic N) is 1. The number of benzene rings is 3. The maximum absolute atomic E-state index is 14.4. The molecule has 5 rings (SSSR count). The van der Waals surface area contributed by atoms with E-state index in [1.807, 2.05) is 61.5 Å². The van der Waals surface area contributed by atoms with Crippen LogP contribution in [-0.4, -0.2) is 5.71 Å². The Morgan fingerprint density at radius 1 is 0.969 bits per heavy atom. The third-order valence-electron chi connectivity index (χ3n) is 5.53. The number of allylic oxidation sites excluding steroid dienone is 1. The Morgan fingerprint density at radius 2 is 1.78 bits per heavy atom. The zero-order valence-corrected chi connectivity index (χ0v) is 18.2. The van der Waals surface area contributed by atoms with Gasteiger partial charge in [0.2, 0.25) is 0 Å². The van der Waals surface area contributed by atoms with E-state index in [0.717, 1.165) is 33.4 Å². The van der Waals surface area contributed by atoms with E-state index in [-0.39, 0.29) is 11.7 Å². The monoisotopic (exact) mass is 439 g/mol. The first-order chi connectivity index (χ1) is 15.6. The maximum atomic E-state index is 14.4. The molecule has 1 unspecified atom stereocenters. The Morgan fingerprint density at radius 3 is 2.56 bits per heavy atom. The third-order valence-corrected chi connectivity index (χ3v) is 5.84. The van der Waals surface area contributed by atoms with Crippen LogP contribution in [-0.2, 0) is 0 Å². The van der Waals surface area contributed by atoms with Gasteiger partial charge < -0.3 is 4.42 Å². The molecule has 4 heteroatoms. The second kappa shape index (κ2) is 8.49. The van der Waals surface area contributed by atoms with Crippen molar-refractivity contribution < 1.29 is 8.81 Å². The van der Waals surface area contributed by atoms with Crippen molar-refractivity contribution in [3.8, 4) is 11.8 Å². The first-order valence-corrected chi connectivity index (χ1v) is 10.8. The summed E-state index contributed by atoms with van der Waals surface area (Å²) in [5.74, 6) is 6.80. The van der Waals surface area contributed by atoms with Crippen molar-refractivity contribution in [3.05, 3.63) is 112 Å². The van der Waals surface area contributed by atoms with Crippen LogP contribution in [0.4, 0.5) is 4.39 Å². The van der Waals surface area contributed by atoms with Crippen molar-refractivity contribution >= 4 is 33.9 Å². The lowest BCUT2D eigenvalue weighted by molar-refractivity contribution is 0.590. The smallest absolute Gasteiger partial charge is 0.134 e. The van der Waals surface area contributed by atoms with Crippen LogP contribution in [0.25, 0.3) is 16.5 Å². The fraction of sp³-hybridized carbons (Fsp3) is 0.107. The minimum atomic E-state index is -0.354. The van der Waals surface area contributed by atoms with Crippen LogP contribution < -0.4 is 0 Å². The first-order valence-electron chi connectivity index (χ1n) is 10.4. The summed E-state index contributed by atoms with van der Waals surface area (Å²) in [6.45, 7) is 2.02. The van der Waals surface area contributed by atoms with Gasteiger partial charge in [0.15, 0.2) is 0 Å². The summed E-state index contributed by atoms with van der Waals surface area (Å²) in [6, 6.07) is 22.5. The summed E-state index contributed by atoms with van der Waals surface area (Å²) in [6.07, 6.45) is 2.44. The Hall–Kier alpha value is -3.61.